The van der Waals surface area contributed by atoms with Crippen LogP contribution < -0.4 is 4.72 Å². The number of amides is 1. The number of fused-ring (bicyclic) bond motifs is 1. The highest BCUT2D eigenvalue weighted by atomic mass is 32.2. The van der Waals surface area contributed by atoms with Crippen molar-refractivity contribution in [2.45, 2.75) is 30.2 Å². The van der Waals surface area contributed by atoms with E-state index in [0.29, 0.717) is 5.56 Å². The van der Waals surface area contributed by atoms with Crippen LogP contribution >= 0.6 is 0 Å². The van der Waals surface area contributed by atoms with E-state index in [1.165, 1.54) is 30.3 Å². The average molecular weight is 358 g/mol. The molecule has 0 spiro atoms. The fourth-order valence-electron chi connectivity index (χ4n) is 3.39. The molecular weight excluding hydrogens is 336 g/mol. The van der Waals surface area contributed by atoms with Crippen molar-refractivity contribution < 1.29 is 13.2 Å². The van der Waals surface area contributed by atoms with E-state index in [-0.39, 0.29) is 16.8 Å². The lowest BCUT2D eigenvalue weighted by Crippen LogP contribution is -2.33. The first-order valence-corrected chi connectivity index (χ1v) is 9.81. The van der Waals surface area contributed by atoms with Gasteiger partial charge in [-0.3, -0.25) is 4.79 Å². The molecule has 0 aliphatic heterocycles. The summed E-state index contributed by atoms with van der Waals surface area (Å²) in [7, 11) is -0.432. The first kappa shape index (κ1) is 17.6. The number of aryl methyl sites for hydroxylation is 1. The molecule has 1 aliphatic carbocycles. The molecule has 1 atom stereocenters. The maximum absolute atomic E-state index is 12.9. The van der Waals surface area contributed by atoms with E-state index in [2.05, 4.69) is 16.9 Å². The SMILES string of the molecule is CNS(=O)(=O)c1cccc(C(=O)N(C)C2CCCc3ccccc32)c1. The second kappa shape index (κ2) is 6.98. The van der Waals surface area contributed by atoms with Gasteiger partial charge >= 0.3 is 0 Å². The highest BCUT2D eigenvalue weighted by Crippen LogP contribution is 2.34. The van der Waals surface area contributed by atoms with Gasteiger partial charge in [0.05, 0.1) is 10.9 Å². The van der Waals surface area contributed by atoms with Crippen LogP contribution in [0, 0.1) is 0 Å². The normalized spacial score (nSPS) is 17.0. The highest BCUT2D eigenvalue weighted by molar-refractivity contribution is 7.89. The minimum absolute atomic E-state index is 0.0158. The first-order chi connectivity index (χ1) is 11.9. The number of rotatable bonds is 4. The predicted octanol–water partition coefficient (Wildman–Crippen LogP) is 2.74. The Morgan fingerprint density at radius 2 is 1.92 bits per heavy atom. The van der Waals surface area contributed by atoms with E-state index in [1.54, 1.807) is 24.1 Å². The molecule has 1 aliphatic rings. The van der Waals surface area contributed by atoms with Gasteiger partial charge in [-0.25, -0.2) is 13.1 Å². The van der Waals surface area contributed by atoms with Crippen molar-refractivity contribution in [3.8, 4) is 0 Å². The smallest absolute Gasteiger partial charge is 0.254 e. The lowest BCUT2D eigenvalue weighted by atomic mass is 9.87. The Kier molecular flexibility index (Phi) is 4.92. The van der Waals surface area contributed by atoms with Crippen LogP contribution in [-0.4, -0.2) is 33.3 Å². The molecule has 0 aromatic heterocycles. The van der Waals surface area contributed by atoms with Crippen LogP contribution in [-0.2, 0) is 16.4 Å². The van der Waals surface area contributed by atoms with E-state index in [9.17, 15) is 13.2 Å². The van der Waals surface area contributed by atoms with Gasteiger partial charge in [-0.15, -0.1) is 0 Å². The fraction of sp³-hybridized carbons (Fsp3) is 0.316. The summed E-state index contributed by atoms with van der Waals surface area (Å²) in [6.45, 7) is 0. The van der Waals surface area contributed by atoms with Gasteiger partial charge in [0.15, 0.2) is 0 Å². The summed E-state index contributed by atoms with van der Waals surface area (Å²) < 4.78 is 26.2. The van der Waals surface area contributed by atoms with Crippen LogP contribution in [0.2, 0.25) is 0 Å². The summed E-state index contributed by atoms with van der Waals surface area (Å²) in [5.41, 5.74) is 2.84. The van der Waals surface area contributed by atoms with Crippen molar-refractivity contribution in [3.63, 3.8) is 0 Å². The summed E-state index contributed by atoms with van der Waals surface area (Å²) in [4.78, 5) is 14.8. The van der Waals surface area contributed by atoms with Crippen molar-refractivity contribution in [2.24, 2.45) is 0 Å². The van der Waals surface area contributed by atoms with E-state index < -0.39 is 10.0 Å². The second-order valence-electron chi connectivity index (χ2n) is 6.26. The molecule has 1 unspecified atom stereocenters. The minimum atomic E-state index is -3.57. The number of hydrogen-bond acceptors (Lipinski definition) is 3. The first-order valence-electron chi connectivity index (χ1n) is 8.32. The van der Waals surface area contributed by atoms with Crippen LogP contribution in [0.15, 0.2) is 53.4 Å². The maximum Gasteiger partial charge on any atom is 0.254 e. The van der Waals surface area contributed by atoms with Gasteiger partial charge in [-0.1, -0.05) is 30.3 Å². The molecule has 132 valence electrons. The van der Waals surface area contributed by atoms with E-state index >= 15 is 0 Å². The largest absolute Gasteiger partial charge is 0.335 e. The van der Waals surface area contributed by atoms with Crippen LogP contribution in [0.25, 0.3) is 0 Å². The third-order valence-electron chi connectivity index (χ3n) is 4.79. The number of sulfonamides is 1. The van der Waals surface area contributed by atoms with Crippen molar-refractivity contribution >= 4 is 15.9 Å². The van der Waals surface area contributed by atoms with Crippen molar-refractivity contribution in [2.75, 3.05) is 14.1 Å². The zero-order valence-corrected chi connectivity index (χ0v) is 15.2. The Balaban J connectivity index is 1.91. The lowest BCUT2D eigenvalue weighted by Gasteiger charge is -2.33. The van der Waals surface area contributed by atoms with Gasteiger partial charge in [-0.05, 0) is 55.6 Å². The molecule has 0 fully saturated rings. The Bertz CT molecular complexity index is 893. The quantitative estimate of drug-likeness (QED) is 0.914. The number of hydrogen-bond donors (Lipinski definition) is 1. The molecule has 2 aromatic rings. The Labute approximate surface area is 148 Å². The third-order valence-corrected chi connectivity index (χ3v) is 6.20. The molecule has 0 bridgehead atoms. The van der Waals surface area contributed by atoms with Crippen LogP contribution in [0.1, 0.15) is 40.4 Å². The maximum atomic E-state index is 12.9. The van der Waals surface area contributed by atoms with Gasteiger partial charge < -0.3 is 4.90 Å². The standard InChI is InChI=1S/C19H22N2O3S/c1-20-25(23,24)16-10-5-9-15(13-16)19(22)21(2)18-12-6-8-14-7-3-4-11-17(14)18/h3-5,7,9-11,13,18,20H,6,8,12H2,1-2H3. The Morgan fingerprint density at radius 3 is 2.68 bits per heavy atom. The van der Waals surface area contributed by atoms with Gasteiger partial charge in [0, 0.05) is 12.6 Å². The van der Waals surface area contributed by atoms with Gasteiger partial charge in [0.25, 0.3) is 5.91 Å². The number of nitrogens with zero attached hydrogens (tertiary/aromatic N) is 1. The monoisotopic (exact) mass is 358 g/mol. The zero-order chi connectivity index (χ0) is 18.0. The molecule has 2 aromatic carbocycles. The lowest BCUT2D eigenvalue weighted by molar-refractivity contribution is 0.0715. The number of nitrogens with one attached hydrogen (secondary N) is 1. The number of carbonyl (C=O) groups is 1. The van der Waals surface area contributed by atoms with E-state index in [0.717, 1.165) is 19.3 Å². The molecule has 25 heavy (non-hydrogen) atoms. The highest BCUT2D eigenvalue weighted by Gasteiger charge is 2.27. The van der Waals surface area contributed by atoms with E-state index in [4.69, 9.17) is 0 Å². The van der Waals surface area contributed by atoms with Crippen LogP contribution in [0.3, 0.4) is 0 Å². The van der Waals surface area contributed by atoms with Gasteiger partial charge in [0.1, 0.15) is 0 Å². The second-order valence-corrected chi connectivity index (χ2v) is 8.14. The van der Waals surface area contributed by atoms with Gasteiger partial charge in [0.2, 0.25) is 10.0 Å². The predicted molar refractivity (Wildman–Crippen MR) is 96.9 cm³/mol. The Hall–Kier alpha value is -2.18. The molecule has 1 N–H and O–H groups in total. The molecular formula is C19H22N2O3S. The van der Waals surface area contributed by atoms with Crippen molar-refractivity contribution in [3.05, 3.63) is 65.2 Å². The third kappa shape index (κ3) is 3.45. The number of benzene rings is 2. The van der Waals surface area contributed by atoms with Crippen molar-refractivity contribution in [1.29, 1.82) is 0 Å². The van der Waals surface area contributed by atoms with Crippen LogP contribution in [0.5, 0.6) is 0 Å². The minimum Gasteiger partial charge on any atom is -0.335 e. The molecule has 0 radical (unpaired) electrons. The molecule has 0 saturated heterocycles. The molecule has 6 heteroatoms. The topological polar surface area (TPSA) is 66.5 Å². The average Bonchev–Trinajstić information content (AvgIpc) is 2.66. The van der Waals surface area contributed by atoms with E-state index in [1.807, 2.05) is 12.1 Å². The summed E-state index contributed by atoms with van der Waals surface area (Å²) in [6, 6.07) is 14.4. The van der Waals surface area contributed by atoms with Crippen LogP contribution in [0.4, 0.5) is 0 Å². The summed E-state index contributed by atoms with van der Waals surface area (Å²) in [5.74, 6) is -0.171. The molecule has 0 heterocycles. The summed E-state index contributed by atoms with van der Waals surface area (Å²) in [6.07, 6.45) is 2.98. The zero-order valence-electron chi connectivity index (χ0n) is 14.4. The fourth-order valence-corrected chi connectivity index (χ4v) is 4.17. The summed E-state index contributed by atoms with van der Waals surface area (Å²) >= 11 is 0. The van der Waals surface area contributed by atoms with Gasteiger partial charge in [-0.2, -0.15) is 0 Å². The molecule has 5 nitrogen and oxygen atoms in total. The molecule has 0 saturated carbocycles. The van der Waals surface area contributed by atoms with Crippen molar-refractivity contribution in [1.82, 2.24) is 9.62 Å². The summed E-state index contributed by atoms with van der Waals surface area (Å²) in [5, 5.41) is 0. The molecule has 1 amide bonds. The Morgan fingerprint density at radius 1 is 1.16 bits per heavy atom. The molecule has 3 rings (SSSR count). The number of carbonyl (C=O) groups excluding carboxylic acids is 1.